The molecule has 1 aromatic heterocycles. The molecule has 0 amide bonds. The van der Waals surface area contributed by atoms with E-state index in [9.17, 15) is 4.39 Å². The first kappa shape index (κ1) is 14.9. The van der Waals surface area contributed by atoms with Crippen molar-refractivity contribution in [3.05, 3.63) is 35.1 Å². The van der Waals surface area contributed by atoms with Gasteiger partial charge in [-0.25, -0.2) is 14.4 Å². The number of nitrogens with zero attached hydrogens (tertiary/aromatic N) is 2. The second-order valence-electron chi connectivity index (χ2n) is 3.90. The van der Waals surface area contributed by atoms with Crippen molar-refractivity contribution in [2.24, 2.45) is 0 Å². The molecule has 0 saturated heterocycles. The summed E-state index contributed by atoms with van der Waals surface area (Å²) < 4.78 is 13.8. The number of aromatic nitrogens is 2. The van der Waals surface area contributed by atoms with Crippen LogP contribution in [0.15, 0.2) is 29.4 Å². The summed E-state index contributed by atoms with van der Waals surface area (Å²) in [4.78, 5) is 8.60. The van der Waals surface area contributed by atoms with Gasteiger partial charge in [0.2, 0.25) is 0 Å². The van der Waals surface area contributed by atoms with Crippen LogP contribution in [0, 0.1) is 5.82 Å². The lowest BCUT2D eigenvalue weighted by Gasteiger charge is -2.10. The third-order valence-corrected chi connectivity index (χ3v) is 3.22. The van der Waals surface area contributed by atoms with Gasteiger partial charge in [0.05, 0.1) is 5.69 Å². The fraction of sp³-hybridized carbons (Fsp3) is 0.231. The third-order valence-electron chi connectivity index (χ3n) is 2.44. The zero-order valence-corrected chi connectivity index (χ0v) is 12.6. The van der Waals surface area contributed by atoms with Gasteiger partial charge < -0.3 is 10.6 Å². The van der Waals surface area contributed by atoms with E-state index in [0.717, 1.165) is 6.54 Å². The molecule has 2 aromatic rings. The first-order valence-corrected chi connectivity index (χ1v) is 7.61. The Morgan fingerprint density at radius 1 is 1.25 bits per heavy atom. The number of hydrogen-bond donors (Lipinski definition) is 2. The Balaban J connectivity index is 2.29. The maximum absolute atomic E-state index is 13.8. The summed E-state index contributed by atoms with van der Waals surface area (Å²) in [6.45, 7) is 2.73. The molecule has 0 unspecified atom stereocenters. The molecule has 20 heavy (non-hydrogen) atoms. The summed E-state index contributed by atoms with van der Waals surface area (Å²) in [5.41, 5.74) is 0.322. The van der Waals surface area contributed by atoms with Crippen LogP contribution in [-0.2, 0) is 0 Å². The molecule has 0 radical (unpaired) electrons. The van der Waals surface area contributed by atoms with Crippen molar-refractivity contribution < 1.29 is 4.39 Å². The summed E-state index contributed by atoms with van der Waals surface area (Å²) >= 11 is 7.15. The van der Waals surface area contributed by atoms with Crippen LogP contribution in [0.3, 0.4) is 0 Å². The van der Waals surface area contributed by atoms with E-state index in [0.29, 0.717) is 27.5 Å². The van der Waals surface area contributed by atoms with E-state index in [1.54, 1.807) is 18.2 Å². The zero-order chi connectivity index (χ0) is 14.5. The molecule has 106 valence electrons. The van der Waals surface area contributed by atoms with Crippen LogP contribution in [0.25, 0.3) is 0 Å². The van der Waals surface area contributed by atoms with E-state index in [1.165, 1.54) is 17.8 Å². The topological polar surface area (TPSA) is 49.8 Å². The van der Waals surface area contributed by atoms with E-state index in [1.807, 2.05) is 13.2 Å². The minimum absolute atomic E-state index is 0.322. The Kier molecular flexibility index (Phi) is 5.03. The lowest BCUT2D eigenvalue weighted by atomic mass is 10.3. The summed E-state index contributed by atoms with van der Waals surface area (Å²) in [6, 6.07) is 6.18. The predicted molar refractivity (Wildman–Crippen MR) is 82.7 cm³/mol. The summed E-state index contributed by atoms with van der Waals surface area (Å²) in [5, 5.41) is 7.01. The van der Waals surface area contributed by atoms with Gasteiger partial charge >= 0.3 is 0 Å². The molecule has 1 aromatic carbocycles. The molecule has 0 fully saturated rings. The lowest BCUT2D eigenvalue weighted by Crippen LogP contribution is -2.04. The maximum atomic E-state index is 13.8. The standard InChI is InChI=1S/C13H14ClFN4S/c1-3-16-11-7-12(19-13(18-11)20-2)17-10-5-4-8(14)6-9(10)15/h4-7H,3H2,1-2H3,(H2,16,17,18,19). The van der Waals surface area contributed by atoms with E-state index < -0.39 is 5.82 Å². The number of thioether (sulfide) groups is 1. The Morgan fingerprint density at radius 3 is 2.65 bits per heavy atom. The molecule has 2 N–H and O–H groups in total. The fourth-order valence-corrected chi connectivity index (χ4v) is 2.12. The Hall–Kier alpha value is -1.53. The number of anilines is 3. The van der Waals surface area contributed by atoms with Crippen LogP contribution in [-0.4, -0.2) is 22.8 Å². The van der Waals surface area contributed by atoms with Crippen molar-refractivity contribution in [3.63, 3.8) is 0 Å². The van der Waals surface area contributed by atoms with E-state index in [4.69, 9.17) is 11.6 Å². The lowest BCUT2D eigenvalue weighted by molar-refractivity contribution is 0.632. The molecule has 2 rings (SSSR count). The van der Waals surface area contributed by atoms with E-state index in [-0.39, 0.29) is 0 Å². The average Bonchev–Trinajstić information content (AvgIpc) is 2.42. The molecule has 0 aliphatic carbocycles. The molecule has 0 atom stereocenters. The highest BCUT2D eigenvalue weighted by Crippen LogP contribution is 2.24. The molecule has 4 nitrogen and oxygen atoms in total. The average molecular weight is 313 g/mol. The Labute approximate surface area is 126 Å². The first-order valence-electron chi connectivity index (χ1n) is 6.01. The smallest absolute Gasteiger partial charge is 0.191 e. The van der Waals surface area contributed by atoms with Crippen molar-refractivity contribution in [2.45, 2.75) is 12.1 Å². The first-order chi connectivity index (χ1) is 9.62. The molecule has 1 heterocycles. The number of halogens is 2. The van der Waals surface area contributed by atoms with Crippen LogP contribution in [0.5, 0.6) is 0 Å². The van der Waals surface area contributed by atoms with Crippen LogP contribution in [0.2, 0.25) is 5.02 Å². The largest absolute Gasteiger partial charge is 0.370 e. The second-order valence-corrected chi connectivity index (χ2v) is 5.11. The SMILES string of the molecule is CCNc1cc(Nc2ccc(Cl)cc2F)nc(SC)n1. The quantitative estimate of drug-likeness (QED) is 0.641. The number of rotatable bonds is 5. The van der Waals surface area contributed by atoms with Crippen molar-refractivity contribution in [2.75, 3.05) is 23.4 Å². The monoisotopic (exact) mass is 312 g/mol. The molecule has 0 aliphatic rings. The van der Waals surface area contributed by atoms with Gasteiger partial charge in [0.25, 0.3) is 0 Å². The van der Waals surface area contributed by atoms with Gasteiger partial charge in [0.1, 0.15) is 17.5 Å². The van der Waals surface area contributed by atoms with E-state index >= 15 is 0 Å². The van der Waals surface area contributed by atoms with Crippen LogP contribution >= 0.6 is 23.4 Å². The number of nitrogens with one attached hydrogen (secondary N) is 2. The third kappa shape index (κ3) is 3.74. The normalized spacial score (nSPS) is 10.4. The summed E-state index contributed by atoms with van der Waals surface area (Å²) in [7, 11) is 0. The van der Waals surface area contributed by atoms with Crippen molar-refractivity contribution in [1.82, 2.24) is 9.97 Å². The van der Waals surface area contributed by atoms with Gasteiger partial charge in [-0.15, -0.1) is 0 Å². The van der Waals surface area contributed by atoms with E-state index in [2.05, 4.69) is 20.6 Å². The van der Waals surface area contributed by atoms with Gasteiger partial charge in [-0.2, -0.15) is 0 Å². The minimum atomic E-state index is -0.424. The van der Waals surface area contributed by atoms with Crippen LogP contribution in [0.4, 0.5) is 21.7 Å². The zero-order valence-electron chi connectivity index (χ0n) is 11.1. The molecule has 0 bridgehead atoms. The van der Waals surface area contributed by atoms with Gasteiger partial charge in [-0.3, -0.25) is 0 Å². The van der Waals surface area contributed by atoms with Gasteiger partial charge in [-0.1, -0.05) is 23.4 Å². The highest BCUT2D eigenvalue weighted by molar-refractivity contribution is 7.98. The summed E-state index contributed by atoms with van der Waals surface area (Å²) in [6.07, 6.45) is 1.89. The highest BCUT2D eigenvalue weighted by Gasteiger charge is 2.07. The maximum Gasteiger partial charge on any atom is 0.191 e. The Bertz CT molecular complexity index is 609. The highest BCUT2D eigenvalue weighted by atomic mass is 35.5. The Morgan fingerprint density at radius 2 is 2.00 bits per heavy atom. The van der Waals surface area contributed by atoms with Crippen LogP contribution < -0.4 is 10.6 Å². The van der Waals surface area contributed by atoms with Gasteiger partial charge in [0, 0.05) is 17.6 Å². The minimum Gasteiger partial charge on any atom is -0.370 e. The predicted octanol–water partition coefficient (Wildman–Crippen LogP) is 4.17. The number of hydrogen-bond acceptors (Lipinski definition) is 5. The van der Waals surface area contributed by atoms with Crippen molar-refractivity contribution in [1.29, 1.82) is 0 Å². The molecular weight excluding hydrogens is 299 g/mol. The number of benzene rings is 1. The molecule has 0 saturated carbocycles. The van der Waals surface area contributed by atoms with Gasteiger partial charge in [0.15, 0.2) is 5.16 Å². The van der Waals surface area contributed by atoms with Gasteiger partial charge in [-0.05, 0) is 31.4 Å². The molecule has 0 aliphatic heterocycles. The molecule has 7 heteroatoms. The summed E-state index contributed by atoms with van der Waals surface area (Å²) in [5.74, 6) is 0.803. The fourth-order valence-electron chi connectivity index (χ4n) is 1.58. The second kappa shape index (κ2) is 6.76. The molecular formula is C13H14ClFN4S. The molecule has 0 spiro atoms. The van der Waals surface area contributed by atoms with Crippen molar-refractivity contribution >= 4 is 40.7 Å². The van der Waals surface area contributed by atoms with Crippen LogP contribution in [0.1, 0.15) is 6.92 Å². The van der Waals surface area contributed by atoms with Crippen molar-refractivity contribution in [3.8, 4) is 0 Å².